The van der Waals surface area contributed by atoms with Crippen molar-refractivity contribution >= 4 is 48.1 Å². The van der Waals surface area contributed by atoms with Gasteiger partial charge >= 0.3 is 14.2 Å². The van der Waals surface area contributed by atoms with Crippen molar-refractivity contribution in [3.05, 3.63) is 47.5 Å². The van der Waals surface area contributed by atoms with Gasteiger partial charge < -0.3 is 30.0 Å². The fourth-order valence-electron chi connectivity index (χ4n) is 3.78. The highest BCUT2D eigenvalue weighted by Crippen LogP contribution is 2.24. The van der Waals surface area contributed by atoms with Crippen LogP contribution in [0.3, 0.4) is 0 Å². The van der Waals surface area contributed by atoms with E-state index in [-0.39, 0.29) is 0 Å². The second kappa shape index (κ2) is 6.46. The third-order valence-corrected chi connectivity index (χ3v) is 5.40. The Bertz CT molecular complexity index is 921. The molecular formula is C18H16B2N2O6. The number of carbonyl (C=O) groups excluding carboxylic acids is 2. The molecule has 2 atom stereocenters. The molecular weight excluding hydrogens is 362 g/mol. The summed E-state index contributed by atoms with van der Waals surface area (Å²) in [6, 6.07) is 9.23. The molecule has 28 heavy (non-hydrogen) atoms. The number of hydrogen-bond acceptors (Lipinski definition) is 8. The molecule has 0 aromatic heterocycles. The molecule has 0 radical (unpaired) electrons. The largest absolute Gasteiger partial charge is 0.491 e. The van der Waals surface area contributed by atoms with Gasteiger partial charge in [-0.05, 0) is 46.3 Å². The van der Waals surface area contributed by atoms with E-state index in [0.717, 1.165) is 11.1 Å². The Morgan fingerprint density at radius 3 is 1.64 bits per heavy atom. The predicted octanol–water partition coefficient (Wildman–Crippen LogP) is -1.46. The van der Waals surface area contributed by atoms with Crippen LogP contribution in [0.4, 0.5) is 11.4 Å². The first-order chi connectivity index (χ1) is 13.5. The van der Waals surface area contributed by atoms with Crippen LogP contribution in [0.15, 0.2) is 36.4 Å². The average Bonchev–Trinajstić information content (AvgIpc) is 3.27. The van der Waals surface area contributed by atoms with Gasteiger partial charge in [-0.2, -0.15) is 0 Å². The Labute approximate surface area is 161 Å². The summed E-state index contributed by atoms with van der Waals surface area (Å²) < 4.78 is 10.3. The first kappa shape index (κ1) is 17.4. The third-order valence-electron chi connectivity index (χ3n) is 5.40. The van der Waals surface area contributed by atoms with E-state index in [1.54, 1.807) is 24.3 Å². The van der Waals surface area contributed by atoms with E-state index in [1.807, 2.05) is 12.1 Å². The van der Waals surface area contributed by atoms with Crippen LogP contribution >= 0.6 is 0 Å². The predicted molar refractivity (Wildman–Crippen MR) is 103 cm³/mol. The van der Waals surface area contributed by atoms with Gasteiger partial charge in [-0.1, -0.05) is 12.1 Å². The highest BCUT2D eigenvalue weighted by molar-refractivity contribution is 6.62. The molecule has 0 bridgehead atoms. The topological polar surface area (TPSA) is 117 Å². The summed E-state index contributed by atoms with van der Waals surface area (Å²) in [7, 11) is -1.96. The maximum Gasteiger partial charge on any atom is 0.491 e. The summed E-state index contributed by atoms with van der Waals surface area (Å²) in [5.41, 5.74) is 4.34. The number of benzene rings is 2. The lowest BCUT2D eigenvalue weighted by molar-refractivity contribution is -0.144. The van der Waals surface area contributed by atoms with Gasteiger partial charge in [0.05, 0.1) is 13.2 Å². The molecule has 2 heterocycles. The molecule has 1 aliphatic carbocycles. The normalized spacial score (nSPS) is 22.8. The summed E-state index contributed by atoms with van der Waals surface area (Å²) in [4.78, 5) is 24.2. The molecule has 0 saturated heterocycles. The second-order valence-corrected chi connectivity index (χ2v) is 7.13. The minimum Gasteiger partial charge on any atom is -0.423 e. The fraction of sp³-hybridized carbons (Fsp3) is 0.222. The van der Waals surface area contributed by atoms with E-state index in [4.69, 9.17) is 9.31 Å². The number of hydrogen-bond donors (Lipinski definition) is 4. The van der Waals surface area contributed by atoms with Crippen LogP contribution in [0, 0.1) is 0 Å². The lowest BCUT2D eigenvalue weighted by atomic mass is 9.78. The zero-order chi connectivity index (χ0) is 19.4. The Morgan fingerprint density at radius 2 is 1.21 bits per heavy atom. The number of rotatable bonds is 4. The fourth-order valence-corrected chi connectivity index (χ4v) is 3.78. The summed E-state index contributed by atoms with van der Waals surface area (Å²) >= 11 is 0. The van der Waals surface area contributed by atoms with Crippen LogP contribution in [0.2, 0.25) is 0 Å². The summed E-state index contributed by atoms with van der Waals surface area (Å²) in [6.45, 7) is 0.686. The molecule has 3 aliphatic rings. The van der Waals surface area contributed by atoms with Crippen molar-refractivity contribution in [1.29, 1.82) is 0 Å². The van der Waals surface area contributed by atoms with Crippen molar-refractivity contribution in [3.8, 4) is 0 Å². The van der Waals surface area contributed by atoms with E-state index in [2.05, 4.69) is 10.6 Å². The zero-order valence-corrected chi connectivity index (χ0v) is 14.7. The lowest BCUT2D eigenvalue weighted by Gasteiger charge is -2.35. The van der Waals surface area contributed by atoms with Crippen LogP contribution < -0.4 is 21.6 Å². The molecule has 8 nitrogen and oxygen atoms in total. The van der Waals surface area contributed by atoms with Crippen LogP contribution in [-0.4, -0.2) is 47.9 Å². The lowest BCUT2D eigenvalue weighted by Crippen LogP contribution is -2.64. The summed E-state index contributed by atoms with van der Waals surface area (Å²) in [5.74, 6) is -1.00. The molecule has 1 saturated carbocycles. The Kier molecular flexibility index (Phi) is 4.02. The van der Waals surface area contributed by atoms with Crippen molar-refractivity contribution in [2.24, 2.45) is 0 Å². The first-order valence-corrected chi connectivity index (χ1v) is 8.97. The molecule has 2 aromatic carbocycles. The zero-order valence-electron chi connectivity index (χ0n) is 14.7. The van der Waals surface area contributed by atoms with E-state index in [0.29, 0.717) is 35.5 Å². The van der Waals surface area contributed by atoms with Crippen molar-refractivity contribution in [2.45, 2.75) is 25.3 Å². The molecule has 2 unspecified atom stereocenters. The molecule has 2 aliphatic heterocycles. The minimum absolute atomic E-state index is 0.343. The van der Waals surface area contributed by atoms with Crippen LogP contribution in [0.5, 0.6) is 0 Å². The van der Waals surface area contributed by atoms with E-state index < -0.39 is 37.9 Å². The smallest absolute Gasteiger partial charge is 0.423 e. The number of fused-ring (bicyclic) bond motifs is 2. The first-order valence-electron chi connectivity index (χ1n) is 8.97. The monoisotopic (exact) mass is 378 g/mol. The average molecular weight is 378 g/mol. The Morgan fingerprint density at radius 1 is 0.786 bits per heavy atom. The van der Waals surface area contributed by atoms with Crippen molar-refractivity contribution in [1.82, 2.24) is 0 Å². The Balaban J connectivity index is 1.34. The van der Waals surface area contributed by atoms with Crippen molar-refractivity contribution in [2.75, 3.05) is 10.6 Å². The standard InChI is InChI=1S/C18H16B2N2O6/c23-17-15(21-11-3-1-9-7-27-19(25)13(9)5-11)16(18(17)24)22-12-4-2-10-8-28-20(26)14(10)6-12/h1-6,15-16,21-22,25-26H,7-8H2. The van der Waals surface area contributed by atoms with Gasteiger partial charge in [0, 0.05) is 11.4 Å². The minimum atomic E-state index is -0.982. The number of ketones is 2. The summed E-state index contributed by atoms with van der Waals surface area (Å²) in [6.07, 6.45) is 0. The molecule has 5 rings (SSSR count). The maximum absolute atomic E-state index is 12.1. The van der Waals surface area contributed by atoms with Gasteiger partial charge in [-0.3, -0.25) is 9.59 Å². The number of anilines is 2. The van der Waals surface area contributed by atoms with E-state index in [1.165, 1.54) is 0 Å². The van der Waals surface area contributed by atoms with Crippen LogP contribution in [-0.2, 0) is 32.1 Å². The molecule has 2 aromatic rings. The SMILES string of the molecule is O=C1C(=O)C(Nc2ccc3c(c2)B(O)OC3)C1Nc1ccc2c(c1)B(O)OC2. The van der Waals surface area contributed by atoms with Gasteiger partial charge in [0.2, 0.25) is 11.6 Å². The summed E-state index contributed by atoms with van der Waals surface area (Å²) in [5, 5.41) is 25.8. The van der Waals surface area contributed by atoms with Gasteiger partial charge in [-0.25, -0.2) is 0 Å². The second-order valence-electron chi connectivity index (χ2n) is 7.13. The highest BCUT2D eigenvalue weighted by atomic mass is 16.5. The molecule has 10 heteroatoms. The molecule has 1 fully saturated rings. The van der Waals surface area contributed by atoms with Gasteiger partial charge in [-0.15, -0.1) is 0 Å². The molecule has 0 amide bonds. The third kappa shape index (κ3) is 2.73. The van der Waals surface area contributed by atoms with E-state index in [9.17, 15) is 19.6 Å². The number of nitrogens with one attached hydrogen (secondary N) is 2. The van der Waals surface area contributed by atoms with Gasteiger partial charge in [0.15, 0.2) is 0 Å². The van der Waals surface area contributed by atoms with Crippen molar-refractivity contribution < 1.29 is 28.9 Å². The van der Waals surface area contributed by atoms with Crippen molar-refractivity contribution in [3.63, 3.8) is 0 Å². The van der Waals surface area contributed by atoms with E-state index >= 15 is 0 Å². The quantitative estimate of drug-likeness (QED) is 0.377. The number of carbonyl (C=O) groups is 2. The van der Waals surface area contributed by atoms with Gasteiger partial charge in [0.1, 0.15) is 12.1 Å². The molecule has 4 N–H and O–H groups in total. The van der Waals surface area contributed by atoms with Crippen LogP contribution in [0.1, 0.15) is 11.1 Å². The molecule has 0 spiro atoms. The van der Waals surface area contributed by atoms with Crippen LogP contribution in [0.25, 0.3) is 0 Å². The number of Topliss-reactive ketones (excluding diaryl/α,β-unsaturated/α-hetero) is 2. The maximum atomic E-state index is 12.1. The Hall–Kier alpha value is -2.65. The highest BCUT2D eigenvalue weighted by Gasteiger charge is 2.49. The molecule has 140 valence electrons. The van der Waals surface area contributed by atoms with Gasteiger partial charge in [0.25, 0.3) is 0 Å².